The van der Waals surface area contributed by atoms with Crippen molar-refractivity contribution in [3.63, 3.8) is 0 Å². The van der Waals surface area contributed by atoms with Gasteiger partial charge in [0, 0.05) is 25.1 Å². The Morgan fingerprint density at radius 1 is 1.71 bits per heavy atom. The molecular formula is C9H16N4O. The molecule has 0 spiro atoms. The first kappa shape index (κ1) is 10.7. The second-order valence-electron chi connectivity index (χ2n) is 3.34. The summed E-state index contributed by atoms with van der Waals surface area (Å²) in [6, 6.07) is 2.01. The van der Waals surface area contributed by atoms with Gasteiger partial charge >= 0.3 is 0 Å². The summed E-state index contributed by atoms with van der Waals surface area (Å²) in [7, 11) is 0. The number of anilines is 1. The summed E-state index contributed by atoms with van der Waals surface area (Å²) < 4.78 is 1.76. The number of hydrogen-bond donors (Lipinski definition) is 2. The maximum Gasteiger partial charge on any atom is 0.226 e. The van der Waals surface area contributed by atoms with E-state index in [-0.39, 0.29) is 11.9 Å². The number of carbonyl (C=O) groups excluding carboxylic acids is 1. The van der Waals surface area contributed by atoms with Crippen LogP contribution in [0.25, 0.3) is 0 Å². The van der Waals surface area contributed by atoms with Gasteiger partial charge in [-0.3, -0.25) is 4.79 Å². The highest BCUT2D eigenvalue weighted by Gasteiger charge is 2.08. The molecule has 1 amide bonds. The van der Waals surface area contributed by atoms with E-state index >= 15 is 0 Å². The van der Waals surface area contributed by atoms with Gasteiger partial charge in [0.1, 0.15) is 5.82 Å². The predicted octanol–water partition coefficient (Wildman–Crippen LogP) is 0.751. The zero-order valence-corrected chi connectivity index (χ0v) is 8.53. The van der Waals surface area contributed by atoms with E-state index in [1.165, 1.54) is 0 Å². The molecule has 0 atom stereocenters. The van der Waals surface area contributed by atoms with Crippen LogP contribution in [0, 0.1) is 0 Å². The molecule has 1 rings (SSSR count). The Bertz CT molecular complexity index is 306. The van der Waals surface area contributed by atoms with Crippen molar-refractivity contribution in [3.8, 4) is 0 Å². The molecule has 0 bridgehead atoms. The van der Waals surface area contributed by atoms with Crippen LogP contribution in [0.4, 0.5) is 5.82 Å². The molecule has 5 heteroatoms. The second kappa shape index (κ2) is 4.76. The predicted molar refractivity (Wildman–Crippen MR) is 54.9 cm³/mol. The summed E-state index contributed by atoms with van der Waals surface area (Å²) in [5.41, 5.74) is 5.27. The standard InChI is InChI=1S/C9H16N4O/c1-7(2)13-8(4-6-11-13)12-9(14)3-5-10/h4,6-7H,3,5,10H2,1-2H3,(H,12,14). The largest absolute Gasteiger partial charge is 0.330 e. The highest BCUT2D eigenvalue weighted by atomic mass is 16.1. The van der Waals surface area contributed by atoms with Gasteiger partial charge in [0.25, 0.3) is 0 Å². The molecule has 0 aliphatic rings. The first-order valence-corrected chi connectivity index (χ1v) is 4.68. The van der Waals surface area contributed by atoms with E-state index in [9.17, 15) is 4.79 Å². The third kappa shape index (κ3) is 2.56. The molecule has 1 aromatic rings. The quantitative estimate of drug-likeness (QED) is 0.746. The summed E-state index contributed by atoms with van der Waals surface area (Å²) in [5.74, 6) is 0.647. The molecule has 1 heterocycles. The molecule has 3 N–H and O–H groups in total. The first-order valence-electron chi connectivity index (χ1n) is 4.68. The number of nitrogens with one attached hydrogen (secondary N) is 1. The van der Waals surface area contributed by atoms with E-state index in [4.69, 9.17) is 5.73 Å². The monoisotopic (exact) mass is 196 g/mol. The summed E-state index contributed by atoms with van der Waals surface area (Å²) in [4.78, 5) is 11.3. The Morgan fingerprint density at radius 3 is 3.00 bits per heavy atom. The van der Waals surface area contributed by atoms with E-state index in [1.807, 2.05) is 13.8 Å². The maximum atomic E-state index is 11.3. The number of nitrogens with two attached hydrogens (primary N) is 1. The lowest BCUT2D eigenvalue weighted by atomic mass is 10.4. The van der Waals surface area contributed by atoms with Gasteiger partial charge in [-0.2, -0.15) is 5.10 Å². The molecular weight excluding hydrogens is 180 g/mol. The fourth-order valence-corrected chi connectivity index (χ4v) is 1.16. The van der Waals surface area contributed by atoms with Gasteiger partial charge in [0.05, 0.1) is 6.20 Å². The van der Waals surface area contributed by atoms with Crippen molar-refractivity contribution in [2.24, 2.45) is 5.73 Å². The van der Waals surface area contributed by atoms with E-state index in [0.29, 0.717) is 13.0 Å². The fraction of sp³-hybridized carbons (Fsp3) is 0.556. The Morgan fingerprint density at radius 2 is 2.43 bits per heavy atom. The smallest absolute Gasteiger partial charge is 0.226 e. The normalized spacial score (nSPS) is 10.6. The van der Waals surface area contributed by atoms with Gasteiger partial charge < -0.3 is 11.1 Å². The van der Waals surface area contributed by atoms with Gasteiger partial charge in [0.15, 0.2) is 0 Å². The number of amides is 1. The van der Waals surface area contributed by atoms with Crippen molar-refractivity contribution < 1.29 is 4.79 Å². The number of hydrogen-bond acceptors (Lipinski definition) is 3. The molecule has 0 fully saturated rings. The molecule has 0 aromatic carbocycles. The molecule has 0 saturated heterocycles. The second-order valence-corrected chi connectivity index (χ2v) is 3.34. The lowest BCUT2D eigenvalue weighted by Crippen LogP contribution is -2.19. The molecule has 5 nitrogen and oxygen atoms in total. The average Bonchev–Trinajstić information content (AvgIpc) is 2.52. The van der Waals surface area contributed by atoms with E-state index in [1.54, 1.807) is 16.9 Å². The molecule has 1 aromatic heterocycles. The maximum absolute atomic E-state index is 11.3. The molecule has 0 aliphatic carbocycles. The third-order valence-corrected chi connectivity index (χ3v) is 1.80. The highest BCUT2D eigenvalue weighted by Crippen LogP contribution is 2.12. The van der Waals surface area contributed by atoms with Crippen LogP contribution < -0.4 is 11.1 Å². The van der Waals surface area contributed by atoms with Crippen molar-refractivity contribution in [2.75, 3.05) is 11.9 Å². The van der Waals surface area contributed by atoms with Crippen LogP contribution in [-0.4, -0.2) is 22.2 Å². The molecule has 78 valence electrons. The van der Waals surface area contributed by atoms with Crippen LogP contribution in [0.15, 0.2) is 12.3 Å². The van der Waals surface area contributed by atoms with E-state index in [0.717, 1.165) is 5.82 Å². The minimum absolute atomic E-state index is 0.0742. The van der Waals surface area contributed by atoms with E-state index in [2.05, 4.69) is 10.4 Å². The van der Waals surface area contributed by atoms with Gasteiger partial charge in [-0.15, -0.1) is 0 Å². The molecule has 0 radical (unpaired) electrons. The summed E-state index contributed by atoms with van der Waals surface area (Å²) in [5, 5.41) is 6.85. The van der Waals surface area contributed by atoms with Crippen LogP contribution >= 0.6 is 0 Å². The van der Waals surface area contributed by atoms with Crippen LogP contribution in [-0.2, 0) is 4.79 Å². The van der Waals surface area contributed by atoms with E-state index < -0.39 is 0 Å². The third-order valence-electron chi connectivity index (χ3n) is 1.80. The minimum Gasteiger partial charge on any atom is -0.330 e. The lowest BCUT2D eigenvalue weighted by Gasteiger charge is -2.11. The van der Waals surface area contributed by atoms with Crippen LogP contribution in [0.1, 0.15) is 26.3 Å². The van der Waals surface area contributed by atoms with Gasteiger partial charge in [0.2, 0.25) is 5.91 Å². The lowest BCUT2D eigenvalue weighted by molar-refractivity contribution is -0.116. The first-order chi connectivity index (χ1) is 6.65. The Labute approximate surface area is 83.3 Å². The number of aromatic nitrogens is 2. The van der Waals surface area contributed by atoms with Gasteiger partial charge in [-0.05, 0) is 13.8 Å². The zero-order chi connectivity index (χ0) is 10.6. The van der Waals surface area contributed by atoms with Crippen molar-refractivity contribution in [1.82, 2.24) is 9.78 Å². The Balaban J connectivity index is 2.66. The Kier molecular flexibility index (Phi) is 3.64. The van der Waals surface area contributed by atoms with Crippen molar-refractivity contribution in [2.45, 2.75) is 26.3 Å². The topological polar surface area (TPSA) is 72.9 Å². The molecule has 0 saturated carbocycles. The summed E-state index contributed by atoms with van der Waals surface area (Å²) in [6.07, 6.45) is 2.00. The van der Waals surface area contributed by atoms with Crippen LogP contribution in [0.3, 0.4) is 0 Å². The molecule has 0 unspecified atom stereocenters. The van der Waals surface area contributed by atoms with Crippen LogP contribution in [0.5, 0.6) is 0 Å². The van der Waals surface area contributed by atoms with Crippen molar-refractivity contribution in [1.29, 1.82) is 0 Å². The summed E-state index contributed by atoms with van der Waals surface area (Å²) in [6.45, 7) is 4.37. The minimum atomic E-state index is -0.0742. The van der Waals surface area contributed by atoms with Crippen molar-refractivity contribution in [3.05, 3.63) is 12.3 Å². The molecule has 14 heavy (non-hydrogen) atoms. The highest BCUT2D eigenvalue weighted by molar-refractivity contribution is 5.89. The Hall–Kier alpha value is -1.36. The fourth-order valence-electron chi connectivity index (χ4n) is 1.16. The summed E-state index contributed by atoms with van der Waals surface area (Å²) >= 11 is 0. The zero-order valence-electron chi connectivity index (χ0n) is 8.53. The van der Waals surface area contributed by atoms with Gasteiger partial charge in [-0.1, -0.05) is 0 Å². The number of carbonyl (C=O) groups is 1. The number of rotatable bonds is 4. The van der Waals surface area contributed by atoms with Gasteiger partial charge in [-0.25, -0.2) is 4.68 Å². The average molecular weight is 196 g/mol. The van der Waals surface area contributed by atoms with Crippen molar-refractivity contribution >= 4 is 11.7 Å². The number of nitrogens with zero attached hydrogens (tertiary/aromatic N) is 2. The van der Waals surface area contributed by atoms with Crippen LogP contribution in [0.2, 0.25) is 0 Å². The molecule has 0 aliphatic heterocycles. The SMILES string of the molecule is CC(C)n1nccc1NC(=O)CCN.